The van der Waals surface area contributed by atoms with Gasteiger partial charge in [0.1, 0.15) is 0 Å². The third-order valence-corrected chi connectivity index (χ3v) is 2.13. The molecule has 1 heteroatoms. The van der Waals surface area contributed by atoms with Crippen LogP contribution in [-0.4, -0.2) is 0 Å². The summed E-state index contributed by atoms with van der Waals surface area (Å²) < 4.78 is 1.46. The van der Waals surface area contributed by atoms with Crippen molar-refractivity contribution in [3.8, 4) is 0 Å². The van der Waals surface area contributed by atoms with E-state index in [-0.39, 0.29) is 0 Å². The molecule has 0 amide bonds. The van der Waals surface area contributed by atoms with E-state index in [9.17, 15) is 0 Å². The molecule has 0 spiro atoms. The van der Waals surface area contributed by atoms with E-state index in [1.807, 2.05) is 0 Å². The fraction of sp³-hybridized carbons (Fsp3) is 0.429. The SMILES string of the molecule is C=C1C=C(I)CCC1. The van der Waals surface area contributed by atoms with E-state index in [4.69, 9.17) is 0 Å². The molecule has 0 bridgehead atoms. The van der Waals surface area contributed by atoms with Crippen LogP contribution in [0, 0.1) is 0 Å². The van der Waals surface area contributed by atoms with E-state index in [0.29, 0.717) is 0 Å². The maximum Gasteiger partial charge on any atom is -0.00914 e. The van der Waals surface area contributed by atoms with Crippen LogP contribution >= 0.6 is 22.6 Å². The maximum atomic E-state index is 3.88. The Morgan fingerprint density at radius 2 is 2.25 bits per heavy atom. The fourth-order valence-corrected chi connectivity index (χ4v) is 1.67. The normalized spacial score (nSPS) is 20.6. The number of hydrogen-bond donors (Lipinski definition) is 0. The zero-order chi connectivity index (χ0) is 5.98. The lowest BCUT2D eigenvalue weighted by atomic mass is 10.0. The van der Waals surface area contributed by atoms with Gasteiger partial charge in [-0.15, -0.1) is 0 Å². The van der Waals surface area contributed by atoms with Gasteiger partial charge in [0, 0.05) is 0 Å². The highest BCUT2D eigenvalue weighted by Crippen LogP contribution is 2.24. The van der Waals surface area contributed by atoms with Gasteiger partial charge in [-0.3, -0.25) is 0 Å². The third-order valence-electron chi connectivity index (χ3n) is 1.27. The van der Waals surface area contributed by atoms with E-state index in [2.05, 4.69) is 35.2 Å². The van der Waals surface area contributed by atoms with Crippen LogP contribution in [-0.2, 0) is 0 Å². The predicted octanol–water partition coefficient (Wildman–Crippen LogP) is 3.05. The summed E-state index contributed by atoms with van der Waals surface area (Å²) in [6.45, 7) is 3.88. The molecule has 0 radical (unpaired) electrons. The smallest absolute Gasteiger partial charge is 0.00914 e. The molecule has 1 rings (SSSR count). The van der Waals surface area contributed by atoms with Crippen LogP contribution in [0.15, 0.2) is 21.8 Å². The van der Waals surface area contributed by atoms with Gasteiger partial charge in [-0.2, -0.15) is 0 Å². The molecule has 1 aliphatic rings. The molecule has 0 aromatic heterocycles. The summed E-state index contributed by atoms with van der Waals surface area (Å²) in [4.78, 5) is 0. The molecule has 0 aromatic rings. The number of hydrogen-bond acceptors (Lipinski definition) is 0. The van der Waals surface area contributed by atoms with Crippen molar-refractivity contribution in [2.75, 3.05) is 0 Å². The Bertz CT molecular complexity index is 133. The first-order valence-electron chi connectivity index (χ1n) is 2.83. The summed E-state index contributed by atoms with van der Waals surface area (Å²) in [6.07, 6.45) is 5.95. The van der Waals surface area contributed by atoms with Gasteiger partial charge < -0.3 is 0 Å². The Labute approximate surface area is 63.8 Å². The predicted molar refractivity (Wildman–Crippen MR) is 45.1 cm³/mol. The second kappa shape index (κ2) is 2.67. The van der Waals surface area contributed by atoms with Crippen molar-refractivity contribution in [3.05, 3.63) is 21.8 Å². The molecule has 0 nitrogen and oxygen atoms in total. The van der Waals surface area contributed by atoms with Crippen LogP contribution in [0.1, 0.15) is 19.3 Å². The van der Waals surface area contributed by atoms with Gasteiger partial charge in [-0.1, -0.05) is 18.2 Å². The second-order valence-corrected chi connectivity index (χ2v) is 3.49. The van der Waals surface area contributed by atoms with Crippen LogP contribution in [0.3, 0.4) is 0 Å². The zero-order valence-electron chi connectivity index (χ0n) is 4.78. The van der Waals surface area contributed by atoms with Crippen LogP contribution in [0.2, 0.25) is 0 Å². The molecular weight excluding hydrogens is 211 g/mol. The number of halogens is 1. The third kappa shape index (κ3) is 1.62. The topological polar surface area (TPSA) is 0 Å². The molecule has 0 aliphatic heterocycles. The van der Waals surface area contributed by atoms with Gasteiger partial charge in [0.05, 0.1) is 0 Å². The molecule has 0 N–H and O–H groups in total. The van der Waals surface area contributed by atoms with E-state index in [1.165, 1.54) is 28.4 Å². The van der Waals surface area contributed by atoms with Gasteiger partial charge in [0.2, 0.25) is 0 Å². The summed E-state index contributed by atoms with van der Waals surface area (Å²) in [5.41, 5.74) is 1.29. The van der Waals surface area contributed by atoms with Gasteiger partial charge in [-0.25, -0.2) is 0 Å². The molecule has 1 aliphatic carbocycles. The Morgan fingerprint density at radius 1 is 1.50 bits per heavy atom. The van der Waals surface area contributed by atoms with Crippen LogP contribution in [0.4, 0.5) is 0 Å². The number of rotatable bonds is 0. The molecule has 0 saturated carbocycles. The summed E-state index contributed by atoms with van der Waals surface area (Å²) in [5, 5.41) is 0. The minimum atomic E-state index is 1.20. The van der Waals surface area contributed by atoms with Crippen molar-refractivity contribution in [1.29, 1.82) is 0 Å². The Morgan fingerprint density at radius 3 is 2.62 bits per heavy atom. The van der Waals surface area contributed by atoms with E-state index >= 15 is 0 Å². The van der Waals surface area contributed by atoms with Gasteiger partial charge >= 0.3 is 0 Å². The van der Waals surface area contributed by atoms with Crippen LogP contribution in [0.5, 0.6) is 0 Å². The highest BCUT2D eigenvalue weighted by Gasteiger charge is 2.00. The maximum absolute atomic E-state index is 3.88. The van der Waals surface area contributed by atoms with Crippen molar-refractivity contribution < 1.29 is 0 Å². The van der Waals surface area contributed by atoms with Crippen LogP contribution in [0.25, 0.3) is 0 Å². The highest BCUT2D eigenvalue weighted by molar-refractivity contribution is 14.1. The van der Waals surface area contributed by atoms with Crippen molar-refractivity contribution >= 4 is 22.6 Å². The lowest BCUT2D eigenvalue weighted by Crippen LogP contribution is -1.86. The number of allylic oxidation sites excluding steroid dienone is 3. The Kier molecular flexibility index (Phi) is 2.11. The quantitative estimate of drug-likeness (QED) is 0.550. The first-order valence-corrected chi connectivity index (χ1v) is 3.91. The first kappa shape index (κ1) is 6.33. The Hall–Kier alpha value is 0.210. The fourth-order valence-electron chi connectivity index (χ4n) is 0.850. The van der Waals surface area contributed by atoms with Gasteiger partial charge in [0.25, 0.3) is 0 Å². The first-order chi connectivity index (χ1) is 3.79. The monoisotopic (exact) mass is 220 g/mol. The zero-order valence-corrected chi connectivity index (χ0v) is 6.94. The van der Waals surface area contributed by atoms with E-state index < -0.39 is 0 Å². The molecule has 0 aromatic carbocycles. The van der Waals surface area contributed by atoms with Crippen molar-refractivity contribution in [3.63, 3.8) is 0 Å². The average Bonchev–Trinajstić information content (AvgIpc) is 1.64. The van der Waals surface area contributed by atoms with Crippen molar-refractivity contribution in [2.45, 2.75) is 19.3 Å². The molecule has 0 atom stereocenters. The highest BCUT2D eigenvalue weighted by atomic mass is 127. The molecule has 8 heavy (non-hydrogen) atoms. The summed E-state index contributed by atoms with van der Waals surface area (Å²) in [5.74, 6) is 0. The molecule has 0 fully saturated rings. The average molecular weight is 220 g/mol. The summed E-state index contributed by atoms with van der Waals surface area (Å²) in [7, 11) is 0. The van der Waals surface area contributed by atoms with E-state index in [0.717, 1.165) is 0 Å². The molecule has 0 heterocycles. The molecule has 44 valence electrons. The van der Waals surface area contributed by atoms with Crippen molar-refractivity contribution in [2.24, 2.45) is 0 Å². The van der Waals surface area contributed by atoms with Gasteiger partial charge in [0.15, 0.2) is 0 Å². The minimum absolute atomic E-state index is 1.20. The van der Waals surface area contributed by atoms with Gasteiger partial charge in [-0.05, 0) is 45.4 Å². The molecule has 0 saturated heterocycles. The summed E-state index contributed by atoms with van der Waals surface area (Å²) >= 11 is 2.37. The lowest BCUT2D eigenvalue weighted by Gasteiger charge is -2.07. The molecular formula is C7H9I. The molecule has 0 unspecified atom stereocenters. The minimum Gasteiger partial charge on any atom is -0.0958 e. The lowest BCUT2D eigenvalue weighted by molar-refractivity contribution is 0.819. The second-order valence-electron chi connectivity index (χ2n) is 2.10. The largest absolute Gasteiger partial charge is 0.0958 e. The Balaban J connectivity index is 2.64. The standard InChI is InChI=1S/C7H9I/c1-6-3-2-4-7(8)5-6/h5H,1-4H2. The van der Waals surface area contributed by atoms with Crippen molar-refractivity contribution in [1.82, 2.24) is 0 Å². The summed E-state index contributed by atoms with van der Waals surface area (Å²) in [6, 6.07) is 0. The van der Waals surface area contributed by atoms with E-state index in [1.54, 1.807) is 0 Å². The van der Waals surface area contributed by atoms with Crippen LogP contribution < -0.4 is 0 Å².